The molecule has 9 heteroatoms. The van der Waals surface area contributed by atoms with Crippen LogP contribution in [-0.2, 0) is 9.05 Å². The molecule has 2 rings (SSSR count). The van der Waals surface area contributed by atoms with Gasteiger partial charge in [0.05, 0.1) is 20.6 Å². The van der Waals surface area contributed by atoms with E-state index in [0.29, 0.717) is 19.0 Å². The lowest BCUT2D eigenvalue weighted by atomic mass is 10.1. The molecule has 1 amide bonds. The van der Waals surface area contributed by atoms with Crippen LogP contribution in [0, 0.1) is 5.92 Å². The first-order chi connectivity index (χ1) is 9.62. The van der Waals surface area contributed by atoms with Crippen LogP contribution in [0.4, 0.5) is 0 Å². The molecule has 0 N–H and O–H groups in total. The topological polar surface area (TPSA) is 54.5 Å². The zero-order chi connectivity index (χ0) is 15.9. The van der Waals surface area contributed by atoms with E-state index in [1.165, 1.54) is 0 Å². The fourth-order valence-corrected chi connectivity index (χ4v) is 4.36. The van der Waals surface area contributed by atoms with Crippen LogP contribution in [0.15, 0.2) is 11.0 Å². The second kappa shape index (κ2) is 6.13. The summed E-state index contributed by atoms with van der Waals surface area (Å²) in [6, 6.07) is 1.04. The summed E-state index contributed by atoms with van der Waals surface area (Å²) in [6.07, 6.45) is 0.863. The Balaban J connectivity index is 2.58. The summed E-state index contributed by atoms with van der Waals surface area (Å²) >= 11 is 17.9. The van der Waals surface area contributed by atoms with Crippen LogP contribution >= 0.6 is 45.5 Å². The van der Waals surface area contributed by atoms with E-state index in [9.17, 15) is 13.2 Å². The molecule has 21 heavy (non-hydrogen) atoms. The quantitative estimate of drug-likeness (QED) is 0.565. The van der Waals surface area contributed by atoms with Crippen molar-refractivity contribution < 1.29 is 13.2 Å². The monoisotopic (exact) mass is 389 g/mol. The second-order valence-electron chi connectivity index (χ2n) is 4.94. The summed E-state index contributed by atoms with van der Waals surface area (Å²) in [7, 11) is 1.17. The van der Waals surface area contributed by atoms with Gasteiger partial charge < -0.3 is 4.90 Å². The Morgan fingerprint density at radius 2 is 1.90 bits per heavy atom. The van der Waals surface area contributed by atoms with Crippen LogP contribution in [0.25, 0.3) is 0 Å². The zero-order valence-electron chi connectivity index (χ0n) is 10.9. The molecule has 0 radical (unpaired) electrons. The van der Waals surface area contributed by atoms with E-state index < -0.39 is 19.9 Å². The lowest BCUT2D eigenvalue weighted by Gasteiger charge is -2.19. The molecule has 0 saturated carbocycles. The van der Waals surface area contributed by atoms with Gasteiger partial charge in [-0.2, -0.15) is 0 Å². The smallest absolute Gasteiger partial charge is 0.262 e. The minimum absolute atomic E-state index is 0.0738. The lowest BCUT2D eigenvalue weighted by molar-refractivity contribution is 0.0788. The Bertz CT molecular complexity index is 705. The number of carbonyl (C=O) groups excluding carboxylic acids is 1. The highest BCUT2D eigenvalue weighted by Crippen LogP contribution is 2.39. The van der Waals surface area contributed by atoms with Gasteiger partial charge in [-0.05, 0) is 18.4 Å². The molecular weight excluding hydrogens is 380 g/mol. The van der Waals surface area contributed by atoms with E-state index >= 15 is 0 Å². The summed E-state index contributed by atoms with van der Waals surface area (Å²) in [5.41, 5.74) is -0.126. The van der Waals surface area contributed by atoms with Gasteiger partial charge in [0.15, 0.2) is 0 Å². The van der Waals surface area contributed by atoms with E-state index in [2.05, 4.69) is 0 Å². The van der Waals surface area contributed by atoms with Crippen molar-refractivity contribution in [3.8, 4) is 0 Å². The first-order valence-corrected chi connectivity index (χ1v) is 9.48. The number of carbonyl (C=O) groups is 1. The predicted octanol–water partition coefficient (Wildman–Crippen LogP) is 4.06. The molecule has 4 nitrogen and oxygen atoms in total. The standard InChI is InChI=1S/C12H11Cl4NO3S/c1-6-2-3-17(5-6)12(18)9-10(14)7(13)4-8(11(9)15)21(16,19)20/h4,6H,2-3,5H2,1H3. The molecule has 0 spiro atoms. The number of benzene rings is 1. The van der Waals surface area contributed by atoms with E-state index in [4.69, 9.17) is 45.5 Å². The fourth-order valence-electron chi connectivity index (χ4n) is 2.22. The molecule has 1 fully saturated rings. The fraction of sp³-hybridized carbons (Fsp3) is 0.417. The second-order valence-corrected chi connectivity index (χ2v) is 8.64. The first kappa shape index (κ1) is 17.2. The van der Waals surface area contributed by atoms with Gasteiger partial charge in [-0.3, -0.25) is 4.79 Å². The maximum Gasteiger partial charge on any atom is 0.262 e. The Morgan fingerprint density at radius 1 is 1.29 bits per heavy atom. The van der Waals surface area contributed by atoms with E-state index in [-0.39, 0.29) is 20.6 Å². The minimum atomic E-state index is -4.14. The molecule has 116 valence electrons. The van der Waals surface area contributed by atoms with Gasteiger partial charge >= 0.3 is 0 Å². The van der Waals surface area contributed by atoms with Gasteiger partial charge in [0.1, 0.15) is 4.90 Å². The van der Waals surface area contributed by atoms with Gasteiger partial charge in [0.2, 0.25) is 0 Å². The number of likely N-dealkylation sites (tertiary alicyclic amines) is 1. The van der Waals surface area contributed by atoms with Gasteiger partial charge in [-0.25, -0.2) is 8.42 Å². The van der Waals surface area contributed by atoms with Crippen molar-refractivity contribution in [2.45, 2.75) is 18.2 Å². The molecule has 1 aromatic rings. The number of hydrogen-bond donors (Lipinski definition) is 0. The van der Waals surface area contributed by atoms with Crippen LogP contribution in [-0.4, -0.2) is 32.3 Å². The molecule has 1 unspecified atom stereocenters. The SMILES string of the molecule is CC1CCN(C(=O)c2c(Cl)c(Cl)cc(S(=O)(=O)Cl)c2Cl)C1. The minimum Gasteiger partial charge on any atom is -0.338 e. The van der Waals surface area contributed by atoms with Crippen LogP contribution in [0.3, 0.4) is 0 Å². The third-order valence-electron chi connectivity index (χ3n) is 3.31. The van der Waals surface area contributed by atoms with Crippen molar-refractivity contribution >= 4 is 60.4 Å². The highest BCUT2D eigenvalue weighted by molar-refractivity contribution is 8.13. The van der Waals surface area contributed by atoms with Gasteiger partial charge in [0.25, 0.3) is 15.0 Å². The van der Waals surface area contributed by atoms with Gasteiger partial charge in [0, 0.05) is 23.8 Å². The van der Waals surface area contributed by atoms with E-state index in [0.717, 1.165) is 12.5 Å². The Labute approximate surface area is 142 Å². The molecule has 1 aromatic carbocycles. The largest absolute Gasteiger partial charge is 0.338 e. The summed E-state index contributed by atoms with van der Waals surface area (Å²) in [5.74, 6) is -0.0830. The van der Waals surface area contributed by atoms with Gasteiger partial charge in [-0.1, -0.05) is 41.7 Å². The third kappa shape index (κ3) is 3.42. The molecule has 0 aliphatic carbocycles. The molecular formula is C12H11Cl4NO3S. The van der Waals surface area contributed by atoms with Crippen molar-refractivity contribution in [1.82, 2.24) is 4.90 Å². The lowest BCUT2D eigenvalue weighted by Crippen LogP contribution is -2.29. The zero-order valence-corrected chi connectivity index (χ0v) is 14.7. The summed E-state index contributed by atoms with van der Waals surface area (Å²) in [4.78, 5) is 13.7. The van der Waals surface area contributed by atoms with E-state index in [1.54, 1.807) is 4.90 Å². The van der Waals surface area contributed by atoms with Crippen LogP contribution in [0.5, 0.6) is 0 Å². The number of hydrogen-bond acceptors (Lipinski definition) is 3. The average Bonchev–Trinajstić information content (AvgIpc) is 2.79. The first-order valence-electron chi connectivity index (χ1n) is 6.04. The van der Waals surface area contributed by atoms with Crippen molar-refractivity contribution in [3.63, 3.8) is 0 Å². The third-order valence-corrected chi connectivity index (χ3v) is 5.95. The maximum absolute atomic E-state index is 12.5. The molecule has 0 aromatic heterocycles. The van der Waals surface area contributed by atoms with Crippen molar-refractivity contribution in [2.75, 3.05) is 13.1 Å². The molecule has 1 heterocycles. The van der Waals surface area contributed by atoms with Crippen LogP contribution in [0.2, 0.25) is 15.1 Å². The van der Waals surface area contributed by atoms with Crippen LogP contribution in [0.1, 0.15) is 23.7 Å². The summed E-state index contributed by atoms with van der Waals surface area (Å²) in [5, 5.41) is -0.463. The number of nitrogens with zero attached hydrogens (tertiary/aromatic N) is 1. The molecule has 1 aliphatic rings. The number of halogens is 4. The highest BCUT2D eigenvalue weighted by Gasteiger charge is 2.31. The summed E-state index contributed by atoms with van der Waals surface area (Å²) in [6.45, 7) is 3.13. The number of amides is 1. The van der Waals surface area contributed by atoms with Crippen molar-refractivity contribution in [3.05, 3.63) is 26.7 Å². The van der Waals surface area contributed by atoms with E-state index in [1.807, 2.05) is 6.92 Å². The number of rotatable bonds is 2. The van der Waals surface area contributed by atoms with Gasteiger partial charge in [-0.15, -0.1) is 0 Å². The molecule has 0 bridgehead atoms. The Hall–Kier alpha value is -0.200. The molecule has 1 saturated heterocycles. The van der Waals surface area contributed by atoms with Crippen molar-refractivity contribution in [2.24, 2.45) is 5.92 Å². The average molecular weight is 391 g/mol. The summed E-state index contributed by atoms with van der Waals surface area (Å²) < 4.78 is 23.0. The van der Waals surface area contributed by atoms with Crippen molar-refractivity contribution in [1.29, 1.82) is 0 Å². The molecule has 1 aliphatic heterocycles. The highest BCUT2D eigenvalue weighted by atomic mass is 35.7. The maximum atomic E-state index is 12.5. The normalized spacial score (nSPS) is 19.1. The van der Waals surface area contributed by atoms with Crippen LogP contribution < -0.4 is 0 Å². The predicted molar refractivity (Wildman–Crippen MR) is 84.2 cm³/mol. The Kier molecular flexibility index (Phi) is 5.01. The molecule has 1 atom stereocenters. The Morgan fingerprint density at radius 3 is 2.38 bits per heavy atom.